The molecule has 0 saturated heterocycles. The van der Waals surface area contributed by atoms with Crippen LogP contribution in [0.5, 0.6) is 0 Å². The summed E-state index contributed by atoms with van der Waals surface area (Å²) in [6.45, 7) is 6.81. The highest BCUT2D eigenvalue weighted by atomic mass is 15.1. The van der Waals surface area contributed by atoms with E-state index in [0.717, 1.165) is 6.42 Å². The third kappa shape index (κ3) is 2.63. The highest BCUT2D eigenvalue weighted by Gasteiger charge is 2.14. The summed E-state index contributed by atoms with van der Waals surface area (Å²) in [7, 11) is 2.22. The molecule has 0 heterocycles. The molecule has 0 aromatic rings. The van der Waals surface area contributed by atoms with Gasteiger partial charge in [-0.05, 0) is 38.3 Å². The Balaban J connectivity index is 2.51. The third-order valence-corrected chi connectivity index (χ3v) is 3.15. The van der Waals surface area contributed by atoms with Crippen molar-refractivity contribution < 1.29 is 0 Å². The Bertz CT molecular complexity index is 238. The predicted octanol–water partition coefficient (Wildman–Crippen LogP) is 3.73. The molecule has 1 aliphatic rings. The molecule has 14 heavy (non-hydrogen) atoms. The van der Waals surface area contributed by atoms with E-state index in [2.05, 4.69) is 44.9 Å². The molecule has 1 rings (SSSR count). The second-order valence-electron chi connectivity index (χ2n) is 4.37. The van der Waals surface area contributed by atoms with Crippen LogP contribution in [-0.2, 0) is 0 Å². The van der Waals surface area contributed by atoms with Gasteiger partial charge in [-0.15, -0.1) is 0 Å². The van der Waals surface area contributed by atoms with Gasteiger partial charge < -0.3 is 4.90 Å². The maximum Gasteiger partial charge on any atom is 0.0355 e. The first kappa shape index (κ1) is 11.4. The molecule has 0 bridgehead atoms. The van der Waals surface area contributed by atoms with Crippen molar-refractivity contribution in [1.82, 2.24) is 4.90 Å². The standard InChI is InChI=1S/C13H23N/c1-5-6-9-12(3)14(4)13-10-7-8-11(13)2/h7,10,12H,5-6,8-9H2,1-4H3. The smallest absolute Gasteiger partial charge is 0.0355 e. The fourth-order valence-corrected chi connectivity index (χ4v) is 1.94. The molecule has 80 valence electrons. The minimum atomic E-state index is 0.669. The first-order valence-electron chi connectivity index (χ1n) is 5.76. The highest BCUT2D eigenvalue weighted by molar-refractivity contribution is 5.31. The quantitative estimate of drug-likeness (QED) is 0.643. The fourth-order valence-electron chi connectivity index (χ4n) is 1.94. The van der Waals surface area contributed by atoms with E-state index in [-0.39, 0.29) is 0 Å². The molecule has 0 N–H and O–H groups in total. The van der Waals surface area contributed by atoms with Crippen molar-refractivity contribution in [3.63, 3.8) is 0 Å². The molecule has 0 spiro atoms. The van der Waals surface area contributed by atoms with Gasteiger partial charge in [-0.1, -0.05) is 25.8 Å². The largest absolute Gasteiger partial charge is 0.372 e. The summed E-state index contributed by atoms with van der Waals surface area (Å²) >= 11 is 0. The van der Waals surface area contributed by atoms with Gasteiger partial charge in [0, 0.05) is 18.8 Å². The highest BCUT2D eigenvalue weighted by Crippen LogP contribution is 2.23. The number of allylic oxidation sites excluding steroid dienone is 3. The van der Waals surface area contributed by atoms with Gasteiger partial charge in [0.25, 0.3) is 0 Å². The van der Waals surface area contributed by atoms with Crippen LogP contribution in [0.2, 0.25) is 0 Å². The molecule has 1 heteroatoms. The molecule has 0 aromatic heterocycles. The topological polar surface area (TPSA) is 3.24 Å². The van der Waals surface area contributed by atoms with Gasteiger partial charge in [-0.2, -0.15) is 0 Å². The molecule has 0 aromatic carbocycles. The van der Waals surface area contributed by atoms with E-state index in [4.69, 9.17) is 0 Å². The van der Waals surface area contributed by atoms with Gasteiger partial charge in [0.15, 0.2) is 0 Å². The van der Waals surface area contributed by atoms with Crippen LogP contribution in [0.4, 0.5) is 0 Å². The van der Waals surface area contributed by atoms with Gasteiger partial charge in [0.2, 0.25) is 0 Å². The van der Waals surface area contributed by atoms with E-state index in [1.807, 2.05) is 0 Å². The molecule has 0 aliphatic heterocycles. The molecular weight excluding hydrogens is 170 g/mol. The van der Waals surface area contributed by atoms with Crippen LogP contribution in [-0.4, -0.2) is 18.0 Å². The summed E-state index contributed by atoms with van der Waals surface area (Å²) in [6, 6.07) is 0.669. The lowest BCUT2D eigenvalue weighted by Crippen LogP contribution is -2.27. The van der Waals surface area contributed by atoms with Crippen LogP contribution in [0.15, 0.2) is 23.4 Å². The maximum absolute atomic E-state index is 2.43. The van der Waals surface area contributed by atoms with E-state index in [9.17, 15) is 0 Å². The maximum atomic E-state index is 2.43. The zero-order valence-corrected chi connectivity index (χ0v) is 10.0. The molecule has 0 amide bonds. The number of hydrogen-bond donors (Lipinski definition) is 0. The number of hydrogen-bond acceptors (Lipinski definition) is 1. The second kappa shape index (κ2) is 5.23. The van der Waals surface area contributed by atoms with Crippen molar-refractivity contribution >= 4 is 0 Å². The van der Waals surface area contributed by atoms with Crippen molar-refractivity contribution in [3.8, 4) is 0 Å². The fraction of sp³-hybridized carbons (Fsp3) is 0.692. The summed E-state index contributed by atoms with van der Waals surface area (Å²) in [6.07, 6.45) is 9.59. The van der Waals surface area contributed by atoms with Gasteiger partial charge in [-0.3, -0.25) is 0 Å². The molecular formula is C13H23N. The molecule has 1 atom stereocenters. The normalized spacial score (nSPS) is 17.7. The minimum Gasteiger partial charge on any atom is -0.372 e. The van der Waals surface area contributed by atoms with Gasteiger partial charge in [-0.25, -0.2) is 0 Å². The number of rotatable bonds is 5. The van der Waals surface area contributed by atoms with Crippen LogP contribution in [0, 0.1) is 0 Å². The van der Waals surface area contributed by atoms with Crippen molar-refractivity contribution in [2.45, 2.75) is 52.5 Å². The molecule has 0 radical (unpaired) electrons. The van der Waals surface area contributed by atoms with Crippen molar-refractivity contribution in [2.24, 2.45) is 0 Å². The van der Waals surface area contributed by atoms with Gasteiger partial charge >= 0.3 is 0 Å². The lowest BCUT2D eigenvalue weighted by atomic mass is 10.1. The van der Waals surface area contributed by atoms with E-state index >= 15 is 0 Å². The average molecular weight is 193 g/mol. The van der Waals surface area contributed by atoms with E-state index in [1.165, 1.54) is 30.5 Å². The van der Waals surface area contributed by atoms with Crippen LogP contribution >= 0.6 is 0 Å². The predicted molar refractivity (Wildman–Crippen MR) is 63.2 cm³/mol. The van der Waals surface area contributed by atoms with Crippen molar-refractivity contribution in [3.05, 3.63) is 23.4 Å². The summed E-state index contributed by atoms with van der Waals surface area (Å²) < 4.78 is 0. The number of nitrogens with zero attached hydrogens (tertiary/aromatic N) is 1. The summed E-state index contributed by atoms with van der Waals surface area (Å²) in [4.78, 5) is 2.43. The first-order chi connectivity index (χ1) is 6.66. The summed E-state index contributed by atoms with van der Waals surface area (Å²) in [5.74, 6) is 0. The Morgan fingerprint density at radius 1 is 1.50 bits per heavy atom. The molecule has 1 unspecified atom stereocenters. The monoisotopic (exact) mass is 193 g/mol. The number of likely N-dealkylation sites (N-methyl/N-ethyl adjacent to an activating group) is 1. The van der Waals surface area contributed by atoms with Crippen LogP contribution in [0.1, 0.15) is 46.5 Å². The SMILES string of the molecule is CCCCC(C)N(C)C1=C(C)CC=C1. The Kier molecular flexibility index (Phi) is 4.24. The molecule has 1 aliphatic carbocycles. The van der Waals surface area contributed by atoms with Crippen molar-refractivity contribution in [2.75, 3.05) is 7.05 Å². The lowest BCUT2D eigenvalue weighted by Gasteiger charge is -2.28. The minimum absolute atomic E-state index is 0.669. The average Bonchev–Trinajstić information content (AvgIpc) is 2.59. The Hall–Kier alpha value is -0.720. The van der Waals surface area contributed by atoms with Gasteiger partial charge in [0.1, 0.15) is 0 Å². The zero-order chi connectivity index (χ0) is 10.6. The van der Waals surface area contributed by atoms with E-state index < -0.39 is 0 Å². The first-order valence-corrected chi connectivity index (χ1v) is 5.76. The molecule has 1 nitrogen and oxygen atoms in total. The summed E-state index contributed by atoms with van der Waals surface area (Å²) in [5, 5.41) is 0. The van der Waals surface area contributed by atoms with E-state index in [0.29, 0.717) is 6.04 Å². The number of unbranched alkanes of at least 4 members (excludes halogenated alkanes) is 1. The van der Waals surface area contributed by atoms with Crippen LogP contribution < -0.4 is 0 Å². The Morgan fingerprint density at radius 2 is 2.21 bits per heavy atom. The molecule has 0 fully saturated rings. The Labute approximate surface area is 88.5 Å². The van der Waals surface area contributed by atoms with Gasteiger partial charge in [0.05, 0.1) is 0 Å². The van der Waals surface area contributed by atoms with Crippen molar-refractivity contribution in [1.29, 1.82) is 0 Å². The Morgan fingerprint density at radius 3 is 2.71 bits per heavy atom. The third-order valence-electron chi connectivity index (χ3n) is 3.15. The summed E-state index contributed by atoms with van der Waals surface area (Å²) in [5.41, 5.74) is 2.95. The second-order valence-corrected chi connectivity index (χ2v) is 4.37. The van der Waals surface area contributed by atoms with Crippen LogP contribution in [0.25, 0.3) is 0 Å². The van der Waals surface area contributed by atoms with E-state index in [1.54, 1.807) is 0 Å². The zero-order valence-electron chi connectivity index (χ0n) is 10.0. The molecule has 0 saturated carbocycles. The van der Waals surface area contributed by atoms with Crippen LogP contribution in [0.3, 0.4) is 0 Å². The lowest BCUT2D eigenvalue weighted by molar-refractivity contribution is 0.308.